The molecular weight excluding hydrogens is 404 g/mol. The molecule has 0 amide bonds. The third-order valence-corrected chi connectivity index (χ3v) is 5.72. The first kappa shape index (κ1) is 19.5. The minimum absolute atomic E-state index is 0.0266. The Balaban J connectivity index is 1.34. The van der Waals surface area contributed by atoms with Gasteiger partial charge in [0.05, 0.1) is 48.1 Å². The highest BCUT2D eigenvalue weighted by Gasteiger charge is 2.46. The summed E-state index contributed by atoms with van der Waals surface area (Å²) >= 11 is 0. The standard InChI is InChI=1S/C23H18N8O/c24-7-6-23(9-16(10-23)11-25)31-14-18(12-28-31)20-5-8-27-22(30-20)29-19-3-1-17(2-4-19)21-13-26-15-32-21/h1-5,8,12-16H,6,9-10H2,(H,27,29,30). The van der Waals surface area contributed by atoms with Crippen LogP contribution in [0.2, 0.25) is 0 Å². The van der Waals surface area contributed by atoms with Crippen LogP contribution >= 0.6 is 0 Å². The number of anilines is 2. The molecule has 0 bridgehead atoms. The van der Waals surface area contributed by atoms with E-state index in [1.807, 2.05) is 41.2 Å². The second-order valence-electron chi connectivity index (χ2n) is 7.80. The fourth-order valence-corrected chi connectivity index (χ4v) is 4.01. The maximum atomic E-state index is 9.25. The predicted molar refractivity (Wildman–Crippen MR) is 115 cm³/mol. The summed E-state index contributed by atoms with van der Waals surface area (Å²) in [6.45, 7) is 0. The fraction of sp³-hybridized carbons (Fsp3) is 0.217. The number of nitrogens with zero attached hydrogens (tertiary/aromatic N) is 7. The smallest absolute Gasteiger partial charge is 0.227 e. The van der Waals surface area contributed by atoms with Crippen molar-refractivity contribution in [2.24, 2.45) is 5.92 Å². The lowest BCUT2D eigenvalue weighted by Gasteiger charge is -2.43. The quantitative estimate of drug-likeness (QED) is 0.487. The van der Waals surface area contributed by atoms with Gasteiger partial charge in [0.1, 0.15) is 0 Å². The molecule has 156 valence electrons. The van der Waals surface area contributed by atoms with Gasteiger partial charge in [-0.05, 0) is 43.2 Å². The molecule has 5 rings (SSSR count). The Labute approximate surface area is 184 Å². The molecule has 1 aromatic carbocycles. The van der Waals surface area contributed by atoms with Crippen LogP contribution in [0.3, 0.4) is 0 Å². The number of nitriles is 2. The van der Waals surface area contributed by atoms with Crippen molar-refractivity contribution in [1.82, 2.24) is 24.7 Å². The van der Waals surface area contributed by atoms with Crippen LogP contribution in [0.5, 0.6) is 0 Å². The van der Waals surface area contributed by atoms with Gasteiger partial charge >= 0.3 is 0 Å². The number of hydrogen-bond donors (Lipinski definition) is 1. The molecule has 0 saturated heterocycles. The summed E-state index contributed by atoms with van der Waals surface area (Å²) in [7, 11) is 0. The lowest BCUT2D eigenvalue weighted by atomic mass is 9.67. The SMILES string of the molecule is N#CCC1(n2cc(-c3ccnc(Nc4ccc(-c5cnco5)cc4)n3)cn2)CC(C#N)C1. The number of rotatable bonds is 6. The van der Waals surface area contributed by atoms with E-state index in [2.05, 4.69) is 37.5 Å². The van der Waals surface area contributed by atoms with Crippen molar-refractivity contribution < 1.29 is 4.42 Å². The first-order chi connectivity index (χ1) is 15.7. The van der Waals surface area contributed by atoms with Crippen LogP contribution in [0.4, 0.5) is 11.6 Å². The lowest BCUT2D eigenvalue weighted by Crippen LogP contribution is -2.46. The molecule has 1 fully saturated rings. The number of oxazole rings is 1. The summed E-state index contributed by atoms with van der Waals surface area (Å²) in [4.78, 5) is 12.8. The largest absolute Gasteiger partial charge is 0.444 e. The average molecular weight is 422 g/mol. The second-order valence-corrected chi connectivity index (χ2v) is 7.80. The summed E-state index contributed by atoms with van der Waals surface area (Å²) in [6.07, 6.45) is 9.98. The van der Waals surface area contributed by atoms with Gasteiger partial charge in [0.15, 0.2) is 12.2 Å². The van der Waals surface area contributed by atoms with Gasteiger partial charge in [-0.1, -0.05) is 0 Å². The van der Waals surface area contributed by atoms with Gasteiger partial charge in [-0.3, -0.25) is 4.68 Å². The first-order valence-electron chi connectivity index (χ1n) is 10.1. The normalized spacial score (nSPS) is 19.5. The molecular formula is C23H18N8O. The van der Waals surface area contributed by atoms with Crippen LogP contribution in [-0.4, -0.2) is 24.7 Å². The van der Waals surface area contributed by atoms with Crippen molar-refractivity contribution >= 4 is 11.6 Å². The number of nitrogens with one attached hydrogen (secondary N) is 1. The van der Waals surface area contributed by atoms with Gasteiger partial charge in [0, 0.05) is 29.2 Å². The van der Waals surface area contributed by atoms with Gasteiger partial charge in [-0.2, -0.15) is 15.6 Å². The van der Waals surface area contributed by atoms with E-state index < -0.39 is 5.54 Å². The highest BCUT2D eigenvalue weighted by Crippen LogP contribution is 2.46. The Kier molecular flexibility index (Phi) is 4.85. The third kappa shape index (κ3) is 3.57. The molecule has 1 N–H and O–H groups in total. The molecule has 3 aromatic heterocycles. The van der Waals surface area contributed by atoms with Gasteiger partial charge < -0.3 is 9.73 Å². The van der Waals surface area contributed by atoms with Crippen LogP contribution in [0.15, 0.2) is 65.9 Å². The van der Waals surface area contributed by atoms with Gasteiger partial charge in [0.2, 0.25) is 5.95 Å². The molecule has 0 unspecified atom stereocenters. The Morgan fingerprint density at radius 2 is 1.97 bits per heavy atom. The average Bonchev–Trinajstić information content (AvgIpc) is 3.49. The van der Waals surface area contributed by atoms with E-state index in [9.17, 15) is 5.26 Å². The Morgan fingerprint density at radius 3 is 2.69 bits per heavy atom. The molecule has 0 spiro atoms. The molecule has 0 aliphatic heterocycles. The van der Waals surface area contributed by atoms with Crippen molar-refractivity contribution in [3.8, 4) is 34.7 Å². The van der Waals surface area contributed by atoms with Crippen molar-refractivity contribution in [2.45, 2.75) is 24.8 Å². The van der Waals surface area contributed by atoms with Crippen LogP contribution in [-0.2, 0) is 5.54 Å². The first-order valence-corrected chi connectivity index (χ1v) is 10.1. The maximum absolute atomic E-state index is 9.25. The highest BCUT2D eigenvalue weighted by atomic mass is 16.3. The molecule has 0 radical (unpaired) electrons. The molecule has 9 nitrogen and oxygen atoms in total. The second kappa shape index (κ2) is 7.97. The number of hydrogen-bond acceptors (Lipinski definition) is 8. The molecule has 1 aliphatic rings. The van der Waals surface area contributed by atoms with Crippen molar-refractivity contribution in [3.05, 3.63) is 61.5 Å². The zero-order chi connectivity index (χ0) is 22.0. The summed E-state index contributed by atoms with van der Waals surface area (Å²) in [5.74, 6) is 1.14. The predicted octanol–water partition coefficient (Wildman–Crippen LogP) is 4.28. The van der Waals surface area contributed by atoms with E-state index in [1.165, 1.54) is 6.39 Å². The van der Waals surface area contributed by atoms with E-state index in [0.29, 0.717) is 31.0 Å². The van der Waals surface area contributed by atoms with E-state index in [4.69, 9.17) is 9.68 Å². The van der Waals surface area contributed by atoms with Crippen LogP contribution in [0.25, 0.3) is 22.6 Å². The van der Waals surface area contributed by atoms with Crippen molar-refractivity contribution in [2.75, 3.05) is 5.32 Å². The van der Waals surface area contributed by atoms with Gasteiger partial charge in [0.25, 0.3) is 0 Å². The van der Waals surface area contributed by atoms with Crippen LogP contribution in [0, 0.1) is 28.6 Å². The van der Waals surface area contributed by atoms with Crippen LogP contribution < -0.4 is 5.32 Å². The zero-order valence-corrected chi connectivity index (χ0v) is 17.0. The van der Waals surface area contributed by atoms with Gasteiger partial charge in [-0.15, -0.1) is 0 Å². The lowest BCUT2D eigenvalue weighted by molar-refractivity contribution is 0.0882. The molecule has 3 heterocycles. The Bertz CT molecular complexity index is 1310. The third-order valence-electron chi connectivity index (χ3n) is 5.72. The fourth-order valence-electron chi connectivity index (χ4n) is 4.01. The summed E-state index contributed by atoms with van der Waals surface area (Å²) in [5, 5.41) is 26.1. The number of benzene rings is 1. The van der Waals surface area contributed by atoms with E-state index in [0.717, 1.165) is 22.5 Å². The molecule has 9 heteroatoms. The molecule has 0 atom stereocenters. The van der Waals surface area contributed by atoms with Crippen molar-refractivity contribution in [3.63, 3.8) is 0 Å². The Hall–Kier alpha value is -4.50. The molecule has 1 saturated carbocycles. The number of aromatic nitrogens is 5. The van der Waals surface area contributed by atoms with E-state index in [-0.39, 0.29) is 5.92 Å². The summed E-state index contributed by atoms with van der Waals surface area (Å²) in [5.41, 5.74) is 2.90. The molecule has 4 aromatic rings. The minimum Gasteiger partial charge on any atom is -0.444 e. The van der Waals surface area contributed by atoms with E-state index >= 15 is 0 Å². The van der Waals surface area contributed by atoms with Crippen molar-refractivity contribution in [1.29, 1.82) is 10.5 Å². The van der Waals surface area contributed by atoms with Crippen LogP contribution in [0.1, 0.15) is 19.3 Å². The molecule has 1 aliphatic carbocycles. The van der Waals surface area contributed by atoms with E-state index in [1.54, 1.807) is 18.6 Å². The highest BCUT2D eigenvalue weighted by molar-refractivity contribution is 5.64. The summed E-state index contributed by atoms with van der Waals surface area (Å²) in [6, 6.07) is 14.0. The maximum Gasteiger partial charge on any atom is 0.227 e. The molecule has 32 heavy (non-hydrogen) atoms. The van der Waals surface area contributed by atoms with Gasteiger partial charge in [-0.25, -0.2) is 15.0 Å². The summed E-state index contributed by atoms with van der Waals surface area (Å²) < 4.78 is 7.13. The minimum atomic E-state index is -0.410. The Morgan fingerprint density at radius 1 is 1.12 bits per heavy atom. The topological polar surface area (TPSA) is 129 Å². The monoisotopic (exact) mass is 422 g/mol. The zero-order valence-electron chi connectivity index (χ0n) is 17.0.